The highest BCUT2D eigenvalue weighted by molar-refractivity contribution is 6.06. The molecule has 0 unspecified atom stereocenters. The van der Waals surface area contributed by atoms with Gasteiger partial charge in [-0.25, -0.2) is 4.79 Å². The summed E-state index contributed by atoms with van der Waals surface area (Å²) in [5.74, 6) is -0.706. The van der Waals surface area contributed by atoms with Gasteiger partial charge in [0, 0.05) is 11.4 Å². The molecule has 21 heavy (non-hydrogen) atoms. The van der Waals surface area contributed by atoms with E-state index in [0.717, 1.165) is 0 Å². The standard InChI is InChI=1S/C16H18N2O3/c1-4-12-13(16(20)21-3)10(2)14(18-12)15(19)17-11-8-6-5-7-9-11/h5-9,18H,4H2,1-3H3,(H,17,19). The van der Waals surface area contributed by atoms with Crippen LogP contribution in [0.5, 0.6) is 0 Å². The Morgan fingerprint density at radius 3 is 2.48 bits per heavy atom. The lowest BCUT2D eigenvalue weighted by Crippen LogP contribution is -2.14. The average Bonchev–Trinajstić information content (AvgIpc) is 2.84. The number of rotatable bonds is 4. The predicted octanol–water partition coefficient (Wildman–Crippen LogP) is 2.92. The number of nitrogens with one attached hydrogen (secondary N) is 2. The van der Waals surface area contributed by atoms with E-state index < -0.39 is 5.97 Å². The van der Waals surface area contributed by atoms with Crippen LogP contribution in [-0.2, 0) is 11.2 Å². The molecule has 0 aliphatic heterocycles. The quantitative estimate of drug-likeness (QED) is 0.849. The van der Waals surface area contributed by atoms with Crippen LogP contribution in [0.2, 0.25) is 0 Å². The molecule has 0 bridgehead atoms. The number of anilines is 1. The molecule has 1 aromatic heterocycles. The van der Waals surface area contributed by atoms with Gasteiger partial charge in [0.1, 0.15) is 5.69 Å². The number of para-hydroxylation sites is 1. The third kappa shape index (κ3) is 2.97. The van der Waals surface area contributed by atoms with Crippen LogP contribution in [0.25, 0.3) is 0 Å². The molecular weight excluding hydrogens is 268 g/mol. The first-order chi connectivity index (χ1) is 10.1. The van der Waals surface area contributed by atoms with Gasteiger partial charge in [0.05, 0.1) is 12.7 Å². The second-order valence-corrected chi connectivity index (χ2v) is 4.64. The summed E-state index contributed by atoms with van der Waals surface area (Å²) < 4.78 is 4.78. The van der Waals surface area contributed by atoms with Crippen molar-refractivity contribution in [3.05, 3.63) is 52.8 Å². The van der Waals surface area contributed by atoms with Crippen LogP contribution in [0.4, 0.5) is 5.69 Å². The van der Waals surface area contributed by atoms with Gasteiger partial charge >= 0.3 is 5.97 Å². The van der Waals surface area contributed by atoms with Crippen LogP contribution in [0.1, 0.15) is 39.0 Å². The third-order valence-corrected chi connectivity index (χ3v) is 3.33. The second-order valence-electron chi connectivity index (χ2n) is 4.64. The summed E-state index contributed by atoms with van der Waals surface area (Å²) in [5, 5.41) is 2.80. The van der Waals surface area contributed by atoms with E-state index in [0.29, 0.717) is 34.6 Å². The van der Waals surface area contributed by atoms with E-state index in [1.54, 1.807) is 19.1 Å². The minimum absolute atomic E-state index is 0.274. The minimum Gasteiger partial charge on any atom is -0.465 e. The van der Waals surface area contributed by atoms with Crippen LogP contribution in [0, 0.1) is 6.92 Å². The molecule has 0 saturated carbocycles. The Balaban J connectivity index is 2.34. The van der Waals surface area contributed by atoms with E-state index in [2.05, 4.69) is 10.3 Å². The Labute approximate surface area is 123 Å². The molecule has 2 rings (SSSR count). The number of benzene rings is 1. The number of hydrogen-bond donors (Lipinski definition) is 2. The van der Waals surface area contributed by atoms with Gasteiger partial charge in [0.25, 0.3) is 5.91 Å². The maximum Gasteiger partial charge on any atom is 0.339 e. The molecule has 1 aromatic carbocycles. The summed E-state index contributed by atoms with van der Waals surface area (Å²) in [7, 11) is 1.33. The number of hydrogen-bond acceptors (Lipinski definition) is 3. The molecule has 2 N–H and O–H groups in total. The summed E-state index contributed by atoms with van der Waals surface area (Å²) in [6, 6.07) is 9.17. The average molecular weight is 286 g/mol. The number of ether oxygens (including phenoxy) is 1. The zero-order valence-corrected chi connectivity index (χ0v) is 12.3. The number of aromatic nitrogens is 1. The molecule has 0 aliphatic carbocycles. The van der Waals surface area contributed by atoms with E-state index in [4.69, 9.17) is 4.74 Å². The number of aromatic amines is 1. The molecule has 2 aromatic rings. The second kappa shape index (κ2) is 6.26. The fourth-order valence-electron chi connectivity index (χ4n) is 2.24. The molecule has 0 spiro atoms. The molecule has 110 valence electrons. The zero-order chi connectivity index (χ0) is 15.4. The Kier molecular flexibility index (Phi) is 4.42. The summed E-state index contributed by atoms with van der Waals surface area (Å²) in [6.45, 7) is 3.65. The number of carbonyl (C=O) groups is 2. The van der Waals surface area contributed by atoms with Crippen LogP contribution in [-0.4, -0.2) is 24.0 Å². The van der Waals surface area contributed by atoms with E-state index in [1.807, 2.05) is 25.1 Å². The van der Waals surface area contributed by atoms with Gasteiger partial charge in [-0.15, -0.1) is 0 Å². The lowest BCUT2D eigenvalue weighted by molar-refractivity contribution is 0.0599. The minimum atomic E-state index is -0.431. The third-order valence-electron chi connectivity index (χ3n) is 3.33. The van der Waals surface area contributed by atoms with E-state index in [1.165, 1.54) is 7.11 Å². The van der Waals surface area contributed by atoms with Gasteiger partial charge in [-0.2, -0.15) is 0 Å². The first-order valence-corrected chi connectivity index (χ1v) is 6.74. The number of methoxy groups -OCH3 is 1. The summed E-state index contributed by atoms with van der Waals surface area (Å²) >= 11 is 0. The highest BCUT2D eigenvalue weighted by atomic mass is 16.5. The highest BCUT2D eigenvalue weighted by Crippen LogP contribution is 2.21. The maximum atomic E-state index is 12.3. The number of esters is 1. The number of amides is 1. The van der Waals surface area contributed by atoms with Gasteiger partial charge in [0.15, 0.2) is 0 Å². The molecule has 0 saturated heterocycles. The van der Waals surface area contributed by atoms with Crippen molar-refractivity contribution in [3.8, 4) is 0 Å². The molecule has 5 nitrogen and oxygen atoms in total. The van der Waals surface area contributed by atoms with Gasteiger partial charge in [-0.05, 0) is 31.0 Å². The van der Waals surface area contributed by atoms with Gasteiger partial charge in [-0.3, -0.25) is 4.79 Å². The van der Waals surface area contributed by atoms with Crippen molar-refractivity contribution in [1.29, 1.82) is 0 Å². The normalized spacial score (nSPS) is 10.2. The van der Waals surface area contributed by atoms with Crippen LogP contribution in [0.3, 0.4) is 0 Å². The first kappa shape index (κ1) is 14.8. The van der Waals surface area contributed by atoms with Gasteiger partial charge < -0.3 is 15.0 Å². The number of carbonyl (C=O) groups excluding carboxylic acids is 2. The molecule has 5 heteroatoms. The maximum absolute atomic E-state index is 12.3. The van der Waals surface area contributed by atoms with Crippen molar-refractivity contribution in [2.75, 3.05) is 12.4 Å². The zero-order valence-electron chi connectivity index (χ0n) is 12.3. The van der Waals surface area contributed by atoms with Crippen molar-refractivity contribution in [3.63, 3.8) is 0 Å². The van der Waals surface area contributed by atoms with Crippen molar-refractivity contribution in [2.45, 2.75) is 20.3 Å². The van der Waals surface area contributed by atoms with Crippen LogP contribution < -0.4 is 5.32 Å². The molecule has 0 aliphatic rings. The summed E-state index contributed by atoms with van der Waals surface area (Å²) in [5.41, 5.74) is 2.84. The lowest BCUT2D eigenvalue weighted by Gasteiger charge is -2.04. The van der Waals surface area contributed by atoms with Crippen molar-refractivity contribution in [1.82, 2.24) is 4.98 Å². The largest absolute Gasteiger partial charge is 0.465 e. The smallest absolute Gasteiger partial charge is 0.339 e. The van der Waals surface area contributed by atoms with Crippen molar-refractivity contribution in [2.24, 2.45) is 0 Å². The van der Waals surface area contributed by atoms with Crippen LogP contribution in [0.15, 0.2) is 30.3 Å². The Morgan fingerprint density at radius 2 is 1.90 bits per heavy atom. The fraction of sp³-hybridized carbons (Fsp3) is 0.250. The van der Waals surface area contributed by atoms with Crippen LogP contribution >= 0.6 is 0 Å². The Hall–Kier alpha value is -2.56. The molecule has 1 amide bonds. The monoisotopic (exact) mass is 286 g/mol. The lowest BCUT2D eigenvalue weighted by atomic mass is 10.1. The van der Waals surface area contributed by atoms with E-state index in [-0.39, 0.29) is 5.91 Å². The Morgan fingerprint density at radius 1 is 1.24 bits per heavy atom. The van der Waals surface area contributed by atoms with Gasteiger partial charge in [0.2, 0.25) is 0 Å². The first-order valence-electron chi connectivity index (χ1n) is 6.74. The molecule has 0 atom stereocenters. The molecule has 0 radical (unpaired) electrons. The number of H-pyrrole nitrogens is 1. The summed E-state index contributed by atoms with van der Waals surface area (Å²) in [4.78, 5) is 27.2. The van der Waals surface area contributed by atoms with Crippen molar-refractivity contribution >= 4 is 17.6 Å². The highest BCUT2D eigenvalue weighted by Gasteiger charge is 2.23. The SMILES string of the molecule is CCc1[nH]c(C(=O)Nc2ccccc2)c(C)c1C(=O)OC. The molecule has 1 heterocycles. The molecule has 0 fully saturated rings. The topological polar surface area (TPSA) is 71.2 Å². The summed E-state index contributed by atoms with van der Waals surface area (Å²) in [6.07, 6.45) is 0.615. The van der Waals surface area contributed by atoms with Gasteiger partial charge in [-0.1, -0.05) is 25.1 Å². The predicted molar refractivity (Wildman–Crippen MR) is 80.6 cm³/mol. The number of aryl methyl sites for hydroxylation is 1. The van der Waals surface area contributed by atoms with E-state index in [9.17, 15) is 9.59 Å². The van der Waals surface area contributed by atoms with Crippen molar-refractivity contribution < 1.29 is 14.3 Å². The molecular formula is C16H18N2O3. The van der Waals surface area contributed by atoms with E-state index >= 15 is 0 Å². The Bertz CT molecular complexity index is 660. The fourth-order valence-corrected chi connectivity index (χ4v) is 2.24.